The van der Waals surface area contributed by atoms with E-state index in [9.17, 15) is 14.7 Å². The number of amides is 1. The Morgan fingerprint density at radius 2 is 1.97 bits per heavy atom. The Labute approximate surface area is 169 Å². The highest BCUT2D eigenvalue weighted by molar-refractivity contribution is 7.18. The molecule has 0 saturated carbocycles. The fourth-order valence-electron chi connectivity index (χ4n) is 3.11. The van der Waals surface area contributed by atoms with Gasteiger partial charge in [-0.25, -0.2) is 0 Å². The van der Waals surface area contributed by atoms with Crippen molar-refractivity contribution >= 4 is 33.3 Å². The van der Waals surface area contributed by atoms with Crippen molar-refractivity contribution in [1.82, 2.24) is 19.7 Å². The lowest BCUT2D eigenvalue weighted by atomic mass is 10.1. The molecule has 4 aromatic rings. The van der Waals surface area contributed by atoms with Gasteiger partial charge in [0, 0.05) is 17.6 Å². The Kier molecular flexibility index (Phi) is 4.81. The van der Waals surface area contributed by atoms with Crippen LogP contribution in [-0.2, 0) is 6.54 Å². The maximum absolute atomic E-state index is 12.8. The SMILES string of the molecule is CCn1c(=O)c(C(=O)Nc2nnc(-c3cccc(C)n3)s2)c(O)c2ccccc21. The second kappa shape index (κ2) is 7.44. The van der Waals surface area contributed by atoms with E-state index >= 15 is 0 Å². The molecule has 0 aliphatic rings. The molecule has 1 aromatic carbocycles. The van der Waals surface area contributed by atoms with Gasteiger partial charge in [-0.15, -0.1) is 10.2 Å². The summed E-state index contributed by atoms with van der Waals surface area (Å²) in [4.78, 5) is 30.0. The van der Waals surface area contributed by atoms with Gasteiger partial charge in [0.15, 0.2) is 5.01 Å². The van der Waals surface area contributed by atoms with Crippen LogP contribution in [0.15, 0.2) is 47.3 Å². The normalized spacial score (nSPS) is 11.0. The Bertz CT molecular complexity index is 1300. The molecule has 3 aromatic heterocycles. The Hall–Kier alpha value is -3.59. The second-order valence-electron chi connectivity index (χ2n) is 6.32. The quantitative estimate of drug-likeness (QED) is 0.538. The predicted octanol–water partition coefficient (Wildman–Crippen LogP) is 3.20. The summed E-state index contributed by atoms with van der Waals surface area (Å²) in [5, 5.41) is 22.3. The van der Waals surface area contributed by atoms with Gasteiger partial charge in [-0.2, -0.15) is 0 Å². The number of para-hydroxylation sites is 1. The topological polar surface area (TPSA) is 110 Å². The standard InChI is InChI=1S/C20H17N5O3S/c1-3-25-14-10-5-4-8-12(14)16(26)15(19(25)28)17(27)22-20-24-23-18(29-20)13-9-6-7-11(2)21-13/h4-10,26H,3H2,1-2H3,(H,22,24,27). The third-order valence-corrected chi connectivity index (χ3v) is 5.30. The number of fused-ring (bicyclic) bond motifs is 1. The van der Waals surface area contributed by atoms with Crippen LogP contribution in [-0.4, -0.2) is 30.8 Å². The lowest BCUT2D eigenvalue weighted by molar-refractivity contribution is 0.102. The van der Waals surface area contributed by atoms with Crippen LogP contribution in [0.1, 0.15) is 23.0 Å². The van der Waals surface area contributed by atoms with Gasteiger partial charge in [0.05, 0.1) is 5.52 Å². The molecular weight excluding hydrogens is 390 g/mol. The minimum Gasteiger partial charge on any atom is -0.506 e. The summed E-state index contributed by atoms with van der Waals surface area (Å²) in [6, 6.07) is 12.4. The number of carbonyl (C=O) groups is 1. The lowest BCUT2D eigenvalue weighted by Gasteiger charge is -2.12. The molecule has 0 atom stereocenters. The van der Waals surface area contributed by atoms with Crippen LogP contribution >= 0.6 is 11.3 Å². The molecule has 0 aliphatic heterocycles. The van der Waals surface area contributed by atoms with Crippen molar-refractivity contribution in [2.24, 2.45) is 0 Å². The summed E-state index contributed by atoms with van der Waals surface area (Å²) >= 11 is 1.14. The molecule has 3 heterocycles. The highest BCUT2D eigenvalue weighted by Gasteiger charge is 2.23. The molecule has 0 unspecified atom stereocenters. The number of hydrogen-bond acceptors (Lipinski definition) is 7. The number of anilines is 1. The fraction of sp³-hybridized carbons (Fsp3) is 0.150. The van der Waals surface area contributed by atoms with Crippen LogP contribution in [0.2, 0.25) is 0 Å². The number of aromatic nitrogens is 4. The maximum atomic E-state index is 12.8. The number of rotatable bonds is 4. The van der Waals surface area contributed by atoms with Gasteiger partial charge in [0.2, 0.25) is 5.13 Å². The molecule has 0 radical (unpaired) electrons. The first-order valence-corrected chi connectivity index (χ1v) is 9.74. The molecule has 1 amide bonds. The highest BCUT2D eigenvalue weighted by atomic mass is 32.1. The number of aryl methyl sites for hydroxylation is 2. The summed E-state index contributed by atoms with van der Waals surface area (Å²) < 4.78 is 1.45. The molecule has 0 fully saturated rings. The third kappa shape index (κ3) is 3.36. The van der Waals surface area contributed by atoms with Crippen LogP contribution in [0.5, 0.6) is 5.75 Å². The summed E-state index contributed by atoms with van der Waals surface area (Å²) in [6.45, 7) is 4.04. The van der Waals surface area contributed by atoms with Crippen LogP contribution in [0, 0.1) is 6.92 Å². The Balaban J connectivity index is 1.71. The van der Waals surface area contributed by atoms with Gasteiger partial charge in [-0.3, -0.25) is 19.9 Å². The van der Waals surface area contributed by atoms with Crippen molar-refractivity contribution in [2.45, 2.75) is 20.4 Å². The average molecular weight is 407 g/mol. The van der Waals surface area contributed by atoms with Crippen molar-refractivity contribution in [2.75, 3.05) is 5.32 Å². The van der Waals surface area contributed by atoms with E-state index in [2.05, 4.69) is 20.5 Å². The van der Waals surface area contributed by atoms with Gasteiger partial charge >= 0.3 is 0 Å². The molecule has 0 saturated heterocycles. The van der Waals surface area contributed by atoms with E-state index in [4.69, 9.17) is 0 Å². The van der Waals surface area contributed by atoms with E-state index in [0.717, 1.165) is 17.0 Å². The molecule has 0 bridgehead atoms. The number of aromatic hydroxyl groups is 1. The molecule has 29 heavy (non-hydrogen) atoms. The number of benzene rings is 1. The van der Waals surface area contributed by atoms with E-state index in [0.29, 0.717) is 28.1 Å². The number of pyridine rings is 2. The van der Waals surface area contributed by atoms with Crippen LogP contribution < -0.4 is 10.9 Å². The molecule has 146 valence electrons. The van der Waals surface area contributed by atoms with E-state index in [1.807, 2.05) is 19.1 Å². The van der Waals surface area contributed by atoms with Crippen molar-refractivity contribution < 1.29 is 9.90 Å². The summed E-state index contributed by atoms with van der Waals surface area (Å²) in [6.07, 6.45) is 0. The lowest BCUT2D eigenvalue weighted by Crippen LogP contribution is -2.29. The average Bonchev–Trinajstić information content (AvgIpc) is 3.17. The van der Waals surface area contributed by atoms with Gasteiger partial charge < -0.3 is 9.67 Å². The minimum atomic E-state index is -0.736. The summed E-state index contributed by atoms with van der Waals surface area (Å²) in [7, 11) is 0. The zero-order chi connectivity index (χ0) is 20.5. The van der Waals surface area contributed by atoms with E-state index in [-0.39, 0.29) is 16.4 Å². The highest BCUT2D eigenvalue weighted by Crippen LogP contribution is 2.28. The zero-order valence-corrected chi connectivity index (χ0v) is 16.5. The van der Waals surface area contributed by atoms with Crippen molar-refractivity contribution in [3.8, 4) is 16.5 Å². The van der Waals surface area contributed by atoms with E-state index in [1.165, 1.54) is 4.57 Å². The number of nitrogens with zero attached hydrogens (tertiary/aromatic N) is 4. The molecule has 4 rings (SSSR count). The van der Waals surface area contributed by atoms with Gasteiger partial charge in [0.1, 0.15) is 17.0 Å². The van der Waals surface area contributed by atoms with Crippen molar-refractivity contribution in [3.63, 3.8) is 0 Å². The number of hydrogen-bond donors (Lipinski definition) is 2. The summed E-state index contributed by atoms with van der Waals surface area (Å²) in [5.41, 5.74) is 1.16. The Morgan fingerprint density at radius 1 is 1.17 bits per heavy atom. The zero-order valence-electron chi connectivity index (χ0n) is 15.7. The van der Waals surface area contributed by atoms with Crippen molar-refractivity contribution in [1.29, 1.82) is 0 Å². The number of carbonyl (C=O) groups excluding carboxylic acids is 1. The van der Waals surface area contributed by atoms with E-state index < -0.39 is 11.5 Å². The fourth-order valence-corrected chi connectivity index (χ4v) is 3.82. The van der Waals surface area contributed by atoms with Crippen LogP contribution in [0.4, 0.5) is 5.13 Å². The van der Waals surface area contributed by atoms with Gasteiger partial charge in [-0.1, -0.05) is 29.5 Å². The third-order valence-electron chi connectivity index (χ3n) is 4.44. The van der Waals surface area contributed by atoms with Gasteiger partial charge in [-0.05, 0) is 38.1 Å². The van der Waals surface area contributed by atoms with Crippen LogP contribution in [0.25, 0.3) is 21.6 Å². The van der Waals surface area contributed by atoms with Gasteiger partial charge in [0.25, 0.3) is 11.5 Å². The molecular formula is C20H17N5O3S. The molecule has 0 spiro atoms. The smallest absolute Gasteiger partial charge is 0.267 e. The molecule has 2 N–H and O–H groups in total. The first kappa shape index (κ1) is 18.8. The Morgan fingerprint density at radius 3 is 2.72 bits per heavy atom. The summed E-state index contributed by atoms with van der Waals surface area (Å²) in [5.74, 6) is -1.08. The van der Waals surface area contributed by atoms with Crippen LogP contribution in [0.3, 0.4) is 0 Å². The molecule has 8 nitrogen and oxygen atoms in total. The second-order valence-corrected chi connectivity index (χ2v) is 7.30. The largest absolute Gasteiger partial charge is 0.506 e. The predicted molar refractivity (Wildman–Crippen MR) is 111 cm³/mol. The first-order valence-electron chi connectivity index (χ1n) is 8.93. The minimum absolute atomic E-state index is 0.211. The maximum Gasteiger partial charge on any atom is 0.267 e. The first-order chi connectivity index (χ1) is 14.0. The van der Waals surface area contributed by atoms with E-state index in [1.54, 1.807) is 37.3 Å². The monoisotopic (exact) mass is 407 g/mol. The molecule has 0 aliphatic carbocycles. The number of nitrogens with one attached hydrogen (secondary N) is 1. The molecule has 9 heteroatoms. The van der Waals surface area contributed by atoms with Crippen molar-refractivity contribution in [3.05, 3.63) is 64.1 Å².